The van der Waals surface area contributed by atoms with Gasteiger partial charge in [0.1, 0.15) is 12.2 Å². The number of carbonyl (C=O) groups is 1. The molecule has 3 N–H and O–H groups in total. The Morgan fingerprint density at radius 2 is 1.74 bits per heavy atom. The summed E-state index contributed by atoms with van der Waals surface area (Å²) in [5.74, 6) is 1.55. The second kappa shape index (κ2) is 10.4. The van der Waals surface area contributed by atoms with E-state index in [1.54, 1.807) is 5.57 Å². The van der Waals surface area contributed by atoms with Gasteiger partial charge in [-0.1, -0.05) is 80.5 Å². The van der Waals surface area contributed by atoms with Crippen molar-refractivity contribution < 1.29 is 19.4 Å². The number of aliphatic carboxylic acids is 1. The maximum atomic E-state index is 13.5. The van der Waals surface area contributed by atoms with Crippen LogP contribution >= 0.6 is 8.86 Å². The van der Waals surface area contributed by atoms with Crippen molar-refractivity contribution in [3.63, 3.8) is 0 Å². The molecule has 0 aromatic carbocycles. The third-order valence-electron chi connectivity index (χ3n) is 16.7. The van der Waals surface area contributed by atoms with E-state index >= 15 is 0 Å². The van der Waals surface area contributed by atoms with E-state index in [2.05, 4.69) is 90.8 Å². The Balaban J connectivity index is 1.45. The lowest BCUT2D eigenvalue weighted by molar-refractivity contribution is -0.240. The summed E-state index contributed by atoms with van der Waals surface area (Å²) in [6.45, 7) is 29.5. The maximum absolute atomic E-state index is 13.5. The van der Waals surface area contributed by atoms with Gasteiger partial charge < -0.3 is 20.3 Å². The summed E-state index contributed by atoms with van der Waals surface area (Å²) in [6.07, 6.45) is 10.0. The largest absolute Gasteiger partial charge is 0.492 e. The molecule has 0 aliphatic heterocycles. The molecule has 7 aliphatic carbocycles. The smallest absolute Gasteiger partial charge is 0.307 e. The number of allylic oxidation sites excluding steroid dienone is 3. The molecule has 6 fully saturated rings. The summed E-state index contributed by atoms with van der Waals surface area (Å²) in [5.41, 5.74) is 7.03. The number of carboxylic acid groups (broad SMARTS) is 1. The van der Waals surface area contributed by atoms with Crippen molar-refractivity contribution in [1.29, 1.82) is 0 Å². The van der Waals surface area contributed by atoms with Gasteiger partial charge in [-0.2, -0.15) is 0 Å². The van der Waals surface area contributed by atoms with Crippen LogP contribution in [0.3, 0.4) is 0 Å². The van der Waals surface area contributed by atoms with Crippen molar-refractivity contribution in [3.8, 4) is 0 Å². The van der Waals surface area contributed by atoms with E-state index in [4.69, 9.17) is 15.2 Å². The van der Waals surface area contributed by atoms with Crippen molar-refractivity contribution >= 4 is 20.1 Å². The third-order valence-corrected chi connectivity index (χ3v) is 17.4. The molecular formula is C40H64NO4P. The zero-order chi connectivity index (χ0) is 34.2. The summed E-state index contributed by atoms with van der Waals surface area (Å²) < 4.78 is 13.8. The van der Waals surface area contributed by atoms with Gasteiger partial charge in [0.25, 0.3) is 0 Å². The third kappa shape index (κ3) is 4.06. The SMILES string of the molecule is C=C(C)O[C@H]1C(OCC(C)(N)C(C)C)[C@@]2(C)CCC13CC31C3=CC(=P)[C@@]4(C)[C@H](C(=O)O)[C@@](C)([C@H](C)C(C)C)CCC4(C)[C@H]3CC[C@H]12. The van der Waals surface area contributed by atoms with Gasteiger partial charge in [-0.25, -0.2) is 0 Å². The second-order valence-corrected chi connectivity index (χ2v) is 19.6. The van der Waals surface area contributed by atoms with Crippen LogP contribution in [0.15, 0.2) is 24.0 Å². The minimum Gasteiger partial charge on any atom is -0.492 e. The molecular weight excluding hydrogens is 589 g/mol. The number of hydrogen-bond acceptors (Lipinski definition) is 4. The first-order chi connectivity index (χ1) is 21.1. The standard InChI is InChI=1S/C40H64NO4P/c1-22(2)25(7)34(8)15-17-36(10)26-13-14-28-35(9)16-18-39(32(45-24(5)6)31(35)44-21-37(11,41)23(3)4)20-40(28,39)27(26)19-29(46)38(36,12)30(34)33(42)43/h19,22-23,25-26,28,30-32,46H,5,13-18,20-21,41H2,1-4,6-12H3,(H,42,43)/t25-,26+,28+,30-,31?,32+,34-,35+,36?,37?,38+,39?,40?/m1/s1. The average molecular weight is 654 g/mol. The highest BCUT2D eigenvalue weighted by Crippen LogP contribution is 2.90. The first kappa shape index (κ1) is 34.7. The molecule has 0 saturated heterocycles. The van der Waals surface area contributed by atoms with Gasteiger partial charge in [0.2, 0.25) is 0 Å². The van der Waals surface area contributed by atoms with Crippen molar-refractivity contribution in [2.75, 3.05) is 6.61 Å². The van der Waals surface area contributed by atoms with Crippen LogP contribution in [0.5, 0.6) is 0 Å². The van der Waals surface area contributed by atoms with E-state index in [1.165, 1.54) is 0 Å². The number of fused-ring (bicyclic) bond motifs is 5. The summed E-state index contributed by atoms with van der Waals surface area (Å²) in [5, 5.41) is 12.2. The fraction of sp³-hybridized carbons (Fsp3) is 0.850. The molecule has 7 rings (SSSR count). The molecule has 7 aliphatic rings. The molecule has 2 spiro atoms. The molecule has 0 aromatic rings. The number of ether oxygens (including phenoxy) is 2. The quantitative estimate of drug-likeness (QED) is 0.192. The van der Waals surface area contributed by atoms with E-state index in [-0.39, 0.29) is 39.3 Å². The molecule has 13 atom stereocenters. The molecule has 0 amide bonds. The molecule has 6 saturated carbocycles. The Bertz CT molecular complexity index is 1370. The fourth-order valence-corrected chi connectivity index (χ4v) is 13.5. The molecule has 2 bridgehead atoms. The number of rotatable bonds is 9. The van der Waals surface area contributed by atoms with Gasteiger partial charge in [0.15, 0.2) is 0 Å². The summed E-state index contributed by atoms with van der Waals surface area (Å²) in [6, 6.07) is 0. The number of carboxylic acids is 1. The highest BCUT2D eigenvalue weighted by molar-refractivity contribution is 7.22. The number of hydrogen-bond donors (Lipinski definition) is 2. The van der Waals surface area contributed by atoms with E-state index in [1.807, 2.05) is 6.92 Å². The van der Waals surface area contributed by atoms with Gasteiger partial charge >= 0.3 is 5.97 Å². The Labute approximate surface area is 282 Å². The topological polar surface area (TPSA) is 81.8 Å². The van der Waals surface area contributed by atoms with Crippen molar-refractivity contribution in [3.05, 3.63) is 24.0 Å². The van der Waals surface area contributed by atoms with E-state index < -0.39 is 22.8 Å². The van der Waals surface area contributed by atoms with Crippen LogP contribution in [-0.2, 0) is 14.3 Å². The molecule has 5 nitrogen and oxygen atoms in total. The maximum Gasteiger partial charge on any atom is 0.307 e. The van der Waals surface area contributed by atoms with Crippen LogP contribution in [0.4, 0.5) is 0 Å². The van der Waals surface area contributed by atoms with E-state index in [9.17, 15) is 9.90 Å². The van der Waals surface area contributed by atoms with Gasteiger partial charge in [0.05, 0.1) is 18.3 Å². The first-order valence-electron chi connectivity index (χ1n) is 18.4. The zero-order valence-corrected chi connectivity index (χ0v) is 31.8. The van der Waals surface area contributed by atoms with Gasteiger partial charge in [-0.05, 0) is 105 Å². The van der Waals surface area contributed by atoms with Gasteiger partial charge in [0, 0.05) is 27.2 Å². The highest BCUT2D eigenvalue weighted by Gasteiger charge is 2.87. The highest BCUT2D eigenvalue weighted by atomic mass is 31.0. The second-order valence-electron chi connectivity index (χ2n) is 19.1. The van der Waals surface area contributed by atoms with Crippen molar-refractivity contribution in [2.45, 2.75) is 139 Å². The predicted octanol–water partition coefficient (Wildman–Crippen LogP) is 8.94. The first-order valence-corrected chi connectivity index (χ1v) is 18.9. The molecule has 0 radical (unpaired) electrons. The summed E-state index contributed by atoms with van der Waals surface area (Å²) in [4.78, 5) is 13.5. The average Bonchev–Trinajstić information content (AvgIpc) is 3.63. The van der Waals surface area contributed by atoms with Crippen LogP contribution in [0.1, 0.15) is 121 Å². The van der Waals surface area contributed by atoms with Gasteiger partial charge in [-0.15, -0.1) is 8.86 Å². The zero-order valence-electron chi connectivity index (χ0n) is 30.8. The summed E-state index contributed by atoms with van der Waals surface area (Å²) in [7, 11) is 4.24. The normalized spacial score (nSPS) is 49.2. The number of nitrogens with two attached hydrogens (primary N) is 1. The fourth-order valence-electron chi connectivity index (χ4n) is 12.9. The van der Waals surface area contributed by atoms with Crippen LogP contribution in [-0.4, -0.2) is 40.7 Å². The van der Waals surface area contributed by atoms with Crippen LogP contribution in [0.25, 0.3) is 0 Å². The minimum atomic E-state index is -0.641. The Morgan fingerprint density at radius 1 is 1.09 bits per heavy atom. The molecule has 6 heteroatoms. The van der Waals surface area contributed by atoms with Crippen LogP contribution < -0.4 is 5.73 Å². The summed E-state index contributed by atoms with van der Waals surface area (Å²) >= 11 is 0. The lowest BCUT2D eigenvalue weighted by atomic mass is 9.34. The molecule has 0 heterocycles. The van der Waals surface area contributed by atoms with E-state index in [0.29, 0.717) is 36.2 Å². The lowest BCUT2D eigenvalue weighted by Crippen LogP contribution is -2.69. The van der Waals surface area contributed by atoms with Crippen molar-refractivity contribution in [1.82, 2.24) is 0 Å². The monoisotopic (exact) mass is 653 g/mol. The Kier molecular flexibility index (Phi) is 7.86. The van der Waals surface area contributed by atoms with E-state index in [0.717, 1.165) is 56.0 Å². The molecule has 0 aromatic heterocycles. The molecule has 46 heavy (non-hydrogen) atoms. The molecule has 5 unspecified atom stereocenters. The van der Waals surface area contributed by atoms with Crippen LogP contribution in [0, 0.1) is 68.0 Å². The minimum absolute atomic E-state index is 0.00448. The lowest BCUT2D eigenvalue weighted by Gasteiger charge is -2.70. The van der Waals surface area contributed by atoms with Gasteiger partial charge in [-0.3, -0.25) is 4.79 Å². The van der Waals surface area contributed by atoms with Crippen molar-refractivity contribution in [2.24, 2.45) is 73.7 Å². The Morgan fingerprint density at radius 3 is 2.30 bits per heavy atom. The Hall–Kier alpha value is -1.16. The molecule has 258 valence electrons. The predicted molar refractivity (Wildman–Crippen MR) is 190 cm³/mol. The van der Waals surface area contributed by atoms with Crippen LogP contribution in [0.2, 0.25) is 0 Å².